The summed E-state index contributed by atoms with van der Waals surface area (Å²) in [6.45, 7) is 1.58. The summed E-state index contributed by atoms with van der Waals surface area (Å²) in [5.41, 5.74) is 2.91. The third-order valence-electron chi connectivity index (χ3n) is 3.66. The lowest BCUT2D eigenvalue weighted by molar-refractivity contribution is -0.140. The number of hydrogen-bond acceptors (Lipinski definition) is 2. The molecule has 0 aliphatic heterocycles. The summed E-state index contributed by atoms with van der Waals surface area (Å²) in [5, 5.41) is 9.58. The molecule has 0 spiro atoms. The lowest BCUT2D eigenvalue weighted by atomic mass is 9.67. The van der Waals surface area contributed by atoms with Gasteiger partial charge in [0.25, 0.3) is 0 Å². The first kappa shape index (κ1) is 15.2. The zero-order valence-corrected chi connectivity index (χ0v) is 10.6. The molecule has 2 rings (SSSR count). The van der Waals surface area contributed by atoms with E-state index in [1.165, 1.54) is 0 Å². The van der Waals surface area contributed by atoms with Crippen LogP contribution in [0.1, 0.15) is 36.9 Å². The lowest BCUT2D eigenvalue weighted by Crippen LogP contribution is -2.45. The second-order valence-electron chi connectivity index (χ2n) is 5.54. The Hall–Kier alpha value is -1.21. The zero-order chi connectivity index (χ0) is 15.3. The van der Waals surface area contributed by atoms with Crippen LogP contribution in [0, 0.1) is 17.6 Å². The molecular weight excluding hydrogens is 281 g/mol. The minimum absolute atomic E-state index is 0.126. The van der Waals surface area contributed by atoms with Crippen LogP contribution in [0.3, 0.4) is 0 Å². The fraction of sp³-hybridized carbons (Fsp3) is 0.538. The Morgan fingerprint density at radius 3 is 2.25 bits per heavy atom. The van der Waals surface area contributed by atoms with E-state index < -0.39 is 35.0 Å². The maximum atomic E-state index is 13.7. The van der Waals surface area contributed by atoms with Gasteiger partial charge in [-0.25, -0.2) is 8.78 Å². The molecule has 0 bridgehead atoms. The molecule has 1 aliphatic carbocycles. The normalized spacial score (nSPS) is 28.1. The van der Waals surface area contributed by atoms with E-state index in [4.69, 9.17) is 5.73 Å². The van der Waals surface area contributed by atoms with Crippen LogP contribution in [0.15, 0.2) is 12.1 Å². The Labute approximate surface area is 112 Å². The SMILES string of the molecule is CC1(O)CC([C@@H](N)c2cc(F)c(C(F)(F)F)cc2F)C1. The molecule has 7 heteroatoms. The van der Waals surface area contributed by atoms with Crippen LogP contribution in [0.4, 0.5) is 22.0 Å². The van der Waals surface area contributed by atoms with Crippen LogP contribution in [0.25, 0.3) is 0 Å². The number of halogens is 5. The van der Waals surface area contributed by atoms with Crippen molar-refractivity contribution in [1.82, 2.24) is 0 Å². The van der Waals surface area contributed by atoms with E-state index in [2.05, 4.69) is 0 Å². The number of nitrogens with two attached hydrogens (primary N) is 1. The minimum atomic E-state index is -4.95. The van der Waals surface area contributed by atoms with Gasteiger partial charge in [0.05, 0.1) is 11.2 Å². The average molecular weight is 295 g/mol. The molecule has 0 radical (unpaired) electrons. The maximum absolute atomic E-state index is 13.7. The predicted octanol–water partition coefficient (Wildman–Crippen LogP) is 3.14. The van der Waals surface area contributed by atoms with E-state index in [9.17, 15) is 27.1 Å². The Bertz CT molecular complexity index is 518. The largest absolute Gasteiger partial charge is 0.419 e. The van der Waals surface area contributed by atoms with E-state index in [1.807, 2.05) is 0 Å². The molecule has 0 aromatic heterocycles. The fourth-order valence-electron chi connectivity index (χ4n) is 2.61. The van der Waals surface area contributed by atoms with Gasteiger partial charge in [0.15, 0.2) is 0 Å². The van der Waals surface area contributed by atoms with Crippen molar-refractivity contribution >= 4 is 0 Å². The molecule has 0 unspecified atom stereocenters. The molecule has 1 aromatic rings. The summed E-state index contributed by atoms with van der Waals surface area (Å²) in [6, 6.07) is -0.316. The van der Waals surface area contributed by atoms with Crippen molar-refractivity contribution in [2.24, 2.45) is 11.7 Å². The van der Waals surface area contributed by atoms with Crippen LogP contribution < -0.4 is 5.73 Å². The topological polar surface area (TPSA) is 46.2 Å². The highest BCUT2D eigenvalue weighted by Crippen LogP contribution is 2.44. The maximum Gasteiger partial charge on any atom is 0.419 e. The molecule has 20 heavy (non-hydrogen) atoms. The van der Waals surface area contributed by atoms with E-state index in [0.29, 0.717) is 18.9 Å². The molecule has 0 saturated heterocycles. The number of aliphatic hydroxyl groups is 1. The van der Waals surface area contributed by atoms with Crippen molar-refractivity contribution < 1.29 is 27.1 Å². The Morgan fingerprint density at radius 1 is 1.25 bits per heavy atom. The van der Waals surface area contributed by atoms with E-state index in [1.54, 1.807) is 6.92 Å². The van der Waals surface area contributed by atoms with Crippen molar-refractivity contribution in [3.8, 4) is 0 Å². The molecule has 1 fully saturated rings. The van der Waals surface area contributed by atoms with Gasteiger partial charge in [0, 0.05) is 11.6 Å². The van der Waals surface area contributed by atoms with Crippen LogP contribution in [0.2, 0.25) is 0 Å². The summed E-state index contributed by atoms with van der Waals surface area (Å²) < 4.78 is 64.4. The molecular formula is C13H14F5NO. The third-order valence-corrected chi connectivity index (χ3v) is 3.66. The Balaban J connectivity index is 2.28. The van der Waals surface area contributed by atoms with Gasteiger partial charge in [0.2, 0.25) is 0 Å². The second kappa shape index (κ2) is 4.66. The predicted molar refractivity (Wildman–Crippen MR) is 61.6 cm³/mol. The van der Waals surface area contributed by atoms with Gasteiger partial charge in [-0.3, -0.25) is 0 Å². The van der Waals surface area contributed by atoms with Crippen molar-refractivity contribution in [2.75, 3.05) is 0 Å². The minimum Gasteiger partial charge on any atom is -0.390 e. The summed E-state index contributed by atoms with van der Waals surface area (Å²) in [6.07, 6.45) is -4.35. The smallest absolute Gasteiger partial charge is 0.390 e. The summed E-state index contributed by atoms with van der Waals surface area (Å²) in [7, 11) is 0. The quantitative estimate of drug-likeness (QED) is 0.823. The average Bonchev–Trinajstić information content (AvgIpc) is 2.26. The number of alkyl halides is 3. The number of benzene rings is 1. The summed E-state index contributed by atoms with van der Waals surface area (Å²) >= 11 is 0. The number of hydrogen-bond donors (Lipinski definition) is 2. The standard InChI is InChI=1S/C13H14F5NO/c1-12(20)4-6(5-12)11(19)7-2-10(15)8(3-9(7)14)13(16,17)18/h2-3,6,11,20H,4-5,19H2,1H3/t6?,11-,12?/m1/s1. The van der Waals surface area contributed by atoms with Gasteiger partial charge in [-0.05, 0) is 37.8 Å². The lowest BCUT2D eigenvalue weighted by Gasteiger charge is -2.44. The zero-order valence-electron chi connectivity index (χ0n) is 10.6. The van der Waals surface area contributed by atoms with Gasteiger partial charge in [-0.15, -0.1) is 0 Å². The highest BCUT2D eigenvalue weighted by Gasteiger charge is 2.43. The molecule has 0 amide bonds. The van der Waals surface area contributed by atoms with E-state index in [0.717, 1.165) is 0 Å². The second-order valence-corrected chi connectivity index (χ2v) is 5.54. The molecule has 2 nitrogen and oxygen atoms in total. The summed E-state index contributed by atoms with van der Waals surface area (Å²) in [5.74, 6) is -3.01. The van der Waals surface area contributed by atoms with Gasteiger partial charge < -0.3 is 10.8 Å². The van der Waals surface area contributed by atoms with Crippen LogP contribution in [-0.4, -0.2) is 10.7 Å². The van der Waals surface area contributed by atoms with E-state index >= 15 is 0 Å². The molecule has 1 aliphatic rings. The first-order valence-corrected chi connectivity index (χ1v) is 6.05. The molecule has 1 aromatic carbocycles. The highest BCUT2D eigenvalue weighted by molar-refractivity contribution is 5.31. The van der Waals surface area contributed by atoms with Crippen molar-refractivity contribution in [3.05, 3.63) is 34.9 Å². The monoisotopic (exact) mass is 295 g/mol. The van der Waals surface area contributed by atoms with Crippen molar-refractivity contribution in [3.63, 3.8) is 0 Å². The van der Waals surface area contributed by atoms with Crippen molar-refractivity contribution in [1.29, 1.82) is 0 Å². The Kier molecular flexibility index (Phi) is 3.54. The first-order valence-electron chi connectivity index (χ1n) is 6.05. The number of rotatable bonds is 2. The van der Waals surface area contributed by atoms with Gasteiger partial charge in [0.1, 0.15) is 11.6 Å². The fourth-order valence-corrected chi connectivity index (χ4v) is 2.61. The molecule has 1 atom stereocenters. The van der Waals surface area contributed by atoms with Crippen LogP contribution >= 0.6 is 0 Å². The van der Waals surface area contributed by atoms with Gasteiger partial charge in [-0.2, -0.15) is 13.2 Å². The highest BCUT2D eigenvalue weighted by atomic mass is 19.4. The molecule has 0 heterocycles. The third kappa shape index (κ3) is 2.78. The van der Waals surface area contributed by atoms with Gasteiger partial charge in [-0.1, -0.05) is 0 Å². The summed E-state index contributed by atoms with van der Waals surface area (Å²) in [4.78, 5) is 0. The van der Waals surface area contributed by atoms with Crippen LogP contribution in [-0.2, 0) is 6.18 Å². The Morgan fingerprint density at radius 2 is 1.80 bits per heavy atom. The van der Waals surface area contributed by atoms with Gasteiger partial charge >= 0.3 is 6.18 Å². The van der Waals surface area contributed by atoms with Crippen LogP contribution in [0.5, 0.6) is 0 Å². The molecule has 3 N–H and O–H groups in total. The first-order chi connectivity index (χ1) is 9.01. The van der Waals surface area contributed by atoms with Crippen molar-refractivity contribution in [2.45, 2.75) is 37.6 Å². The molecule has 1 saturated carbocycles. The molecule has 112 valence electrons. The van der Waals surface area contributed by atoms with E-state index in [-0.39, 0.29) is 17.5 Å².